The quantitative estimate of drug-likeness (QED) is 0.544. The monoisotopic (exact) mass is 172 g/mol. The van der Waals surface area contributed by atoms with E-state index in [-0.39, 0.29) is 5.92 Å². The predicted molar refractivity (Wildman–Crippen MR) is 44.7 cm³/mol. The van der Waals surface area contributed by atoms with E-state index in [4.69, 9.17) is 8.85 Å². The standard InChI is InChI=1S/C9H15NO2/c1-7(11)12-9-6-10-4-2-8(9)3-5-10/h8-9H,2-6H2,1H3/i6D2,9D. The molecule has 0 spiro atoms. The van der Waals surface area contributed by atoms with Gasteiger partial charge in [-0.2, -0.15) is 0 Å². The molecule has 0 aromatic rings. The number of rotatable bonds is 1. The molecule has 3 saturated heterocycles. The first-order valence-electron chi connectivity index (χ1n) is 5.82. The topological polar surface area (TPSA) is 29.5 Å². The van der Waals surface area contributed by atoms with Crippen molar-refractivity contribution < 1.29 is 13.6 Å². The highest BCUT2D eigenvalue weighted by molar-refractivity contribution is 5.66. The largest absolute Gasteiger partial charge is 0.461 e. The molecule has 3 aliphatic rings. The molecule has 0 aliphatic carbocycles. The summed E-state index contributed by atoms with van der Waals surface area (Å²) >= 11 is 0. The van der Waals surface area contributed by atoms with Crippen molar-refractivity contribution in [2.75, 3.05) is 19.6 Å². The third kappa shape index (κ3) is 1.46. The van der Waals surface area contributed by atoms with E-state index in [9.17, 15) is 4.79 Å². The molecule has 3 fully saturated rings. The molecule has 68 valence electrons. The summed E-state index contributed by atoms with van der Waals surface area (Å²) < 4.78 is 28.8. The third-order valence-corrected chi connectivity index (χ3v) is 2.39. The first-order valence-corrected chi connectivity index (χ1v) is 4.32. The lowest BCUT2D eigenvalue weighted by atomic mass is 9.86. The number of nitrogens with zero attached hydrogens (tertiary/aromatic N) is 1. The van der Waals surface area contributed by atoms with Crippen LogP contribution < -0.4 is 0 Å². The average Bonchev–Trinajstić information content (AvgIpc) is 2.14. The van der Waals surface area contributed by atoms with Crippen LogP contribution in [0.2, 0.25) is 0 Å². The van der Waals surface area contributed by atoms with Crippen molar-refractivity contribution in [1.29, 1.82) is 0 Å². The first-order chi connectivity index (χ1) is 6.88. The molecule has 3 aliphatic heterocycles. The van der Waals surface area contributed by atoms with E-state index in [0.717, 1.165) is 12.8 Å². The highest BCUT2D eigenvalue weighted by Crippen LogP contribution is 2.29. The lowest BCUT2D eigenvalue weighted by molar-refractivity contribution is -0.156. The van der Waals surface area contributed by atoms with Crippen molar-refractivity contribution >= 4 is 5.97 Å². The van der Waals surface area contributed by atoms with Crippen LogP contribution in [-0.4, -0.2) is 36.5 Å². The number of fused-ring (bicyclic) bond motifs is 3. The Balaban J connectivity index is 2.32. The van der Waals surface area contributed by atoms with Gasteiger partial charge in [0.1, 0.15) is 6.08 Å². The van der Waals surface area contributed by atoms with E-state index in [1.807, 2.05) is 0 Å². The molecule has 3 heteroatoms. The Morgan fingerprint density at radius 2 is 2.33 bits per heavy atom. The number of carbonyl (C=O) groups is 1. The lowest BCUT2D eigenvalue weighted by Crippen LogP contribution is -2.51. The summed E-state index contributed by atoms with van der Waals surface area (Å²) in [6, 6.07) is 0. The van der Waals surface area contributed by atoms with Gasteiger partial charge in [0.05, 0.1) is 1.37 Å². The normalized spacial score (nSPS) is 53.6. The Morgan fingerprint density at radius 1 is 1.67 bits per heavy atom. The summed E-state index contributed by atoms with van der Waals surface area (Å²) in [6.07, 6.45) is -0.262. The van der Waals surface area contributed by atoms with Gasteiger partial charge in [-0.3, -0.25) is 9.69 Å². The second-order valence-corrected chi connectivity index (χ2v) is 3.33. The van der Waals surface area contributed by atoms with Crippen LogP contribution in [-0.2, 0) is 9.53 Å². The highest BCUT2D eigenvalue weighted by Gasteiger charge is 2.35. The molecule has 0 aromatic carbocycles. The zero-order valence-corrected chi connectivity index (χ0v) is 7.17. The predicted octanol–water partition coefficient (Wildman–Crippen LogP) is 0.644. The third-order valence-electron chi connectivity index (χ3n) is 2.39. The molecule has 0 amide bonds. The molecule has 12 heavy (non-hydrogen) atoms. The number of hydrogen-bond donors (Lipinski definition) is 0. The second kappa shape index (κ2) is 3.05. The van der Waals surface area contributed by atoms with Crippen molar-refractivity contribution in [2.24, 2.45) is 5.92 Å². The SMILES string of the molecule is [2H]C1(OC(C)=O)C2CCN(CC2)C1([2H])[2H]. The number of carbonyl (C=O) groups excluding carboxylic acids is 1. The average molecular weight is 172 g/mol. The molecular weight excluding hydrogens is 154 g/mol. The van der Waals surface area contributed by atoms with E-state index in [1.54, 1.807) is 4.90 Å². The molecule has 0 radical (unpaired) electrons. The van der Waals surface area contributed by atoms with Crippen LogP contribution in [0.1, 0.15) is 23.9 Å². The minimum Gasteiger partial charge on any atom is -0.461 e. The Bertz CT molecular complexity index is 289. The first kappa shape index (κ1) is 5.22. The Hall–Kier alpha value is -0.570. The molecule has 2 bridgehead atoms. The van der Waals surface area contributed by atoms with Crippen molar-refractivity contribution in [3.8, 4) is 0 Å². The van der Waals surface area contributed by atoms with Gasteiger partial charge in [-0.15, -0.1) is 0 Å². The fourth-order valence-electron chi connectivity index (χ4n) is 1.76. The molecule has 0 aromatic heterocycles. The molecule has 3 nitrogen and oxygen atoms in total. The minimum atomic E-state index is -1.86. The van der Waals surface area contributed by atoms with Gasteiger partial charge in [-0.05, 0) is 31.8 Å². The maximum Gasteiger partial charge on any atom is 0.302 e. The Labute approximate surface area is 76.9 Å². The molecule has 1 atom stereocenters. The van der Waals surface area contributed by atoms with Gasteiger partial charge in [0.25, 0.3) is 0 Å². The molecule has 1 unspecified atom stereocenters. The molecule has 3 heterocycles. The van der Waals surface area contributed by atoms with Gasteiger partial charge in [-0.1, -0.05) is 0 Å². The second-order valence-electron chi connectivity index (χ2n) is 3.33. The van der Waals surface area contributed by atoms with Gasteiger partial charge in [-0.25, -0.2) is 0 Å². The maximum atomic E-state index is 11.0. The van der Waals surface area contributed by atoms with E-state index in [0.29, 0.717) is 13.1 Å². The van der Waals surface area contributed by atoms with Gasteiger partial charge in [0.2, 0.25) is 0 Å². The molecular formula is C9H15NO2. The molecule has 0 saturated carbocycles. The van der Waals surface area contributed by atoms with Crippen LogP contribution in [0.4, 0.5) is 0 Å². The van der Waals surface area contributed by atoms with Crippen molar-refractivity contribution in [3.63, 3.8) is 0 Å². The summed E-state index contributed by atoms with van der Waals surface area (Å²) in [6.45, 7) is 0.670. The van der Waals surface area contributed by atoms with Crippen molar-refractivity contribution in [2.45, 2.75) is 25.8 Å². The number of ether oxygens (including phenoxy) is 1. The summed E-state index contributed by atoms with van der Waals surface area (Å²) in [7, 11) is 0. The van der Waals surface area contributed by atoms with E-state index < -0.39 is 18.5 Å². The van der Waals surface area contributed by atoms with E-state index in [1.165, 1.54) is 6.92 Å². The van der Waals surface area contributed by atoms with Crippen molar-refractivity contribution in [3.05, 3.63) is 0 Å². The zero-order valence-electron chi connectivity index (χ0n) is 10.2. The van der Waals surface area contributed by atoms with Gasteiger partial charge in [0.15, 0.2) is 0 Å². The van der Waals surface area contributed by atoms with Crippen LogP contribution in [0.25, 0.3) is 0 Å². The zero-order chi connectivity index (χ0) is 11.3. The Morgan fingerprint density at radius 3 is 2.83 bits per heavy atom. The van der Waals surface area contributed by atoms with Gasteiger partial charge < -0.3 is 4.74 Å². The minimum absolute atomic E-state index is 0.179. The maximum absolute atomic E-state index is 11.0. The lowest BCUT2D eigenvalue weighted by Gasteiger charge is -2.43. The summed E-state index contributed by atoms with van der Waals surface area (Å²) in [5.74, 6) is -0.760. The van der Waals surface area contributed by atoms with Crippen LogP contribution in [0.3, 0.4) is 0 Å². The number of hydrogen-bond acceptors (Lipinski definition) is 3. The van der Waals surface area contributed by atoms with Gasteiger partial charge >= 0.3 is 5.97 Å². The van der Waals surface area contributed by atoms with Crippen LogP contribution in [0.15, 0.2) is 0 Å². The summed E-state index contributed by atoms with van der Waals surface area (Å²) in [5.41, 5.74) is 0. The van der Waals surface area contributed by atoms with Crippen LogP contribution in [0, 0.1) is 5.92 Å². The smallest absolute Gasteiger partial charge is 0.302 e. The fraction of sp³-hybridized carbons (Fsp3) is 0.889. The van der Waals surface area contributed by atoms with Gasteiger partial charge in [0, 0.05) is 16.2 Å². The van der Waals surface area contributed by atoms with Crippen molar-refractivity contribution in [1.82, 2.24) is 4.90 Å². The molecule has 3 rings (SSSR count). The molecule has 0 N–H and O–H groups in total. The van der Waals surface area contributed by atoms with Crippen LogP contribution in [0.5, 0.6) is 0 Å². The number of piperidine rings is 3. The van der Waals surface area contributed by atoms with E-state index >= 15 is 0 Å². The van der Waals surface area contributed by atoms with E-state index in [2.05, 4.69) is 0 Å². The summed E-state index contributed by atoms with van der Waals surface area (Å²) in [5, 5.41) is 0. The Kier molecular flexibility index (Phi) is 1.33. The highest BCUT2D eigenvalue weighted by atomic mass is 16.5. The fourth-order valence-corrected chi connectivity index (χ4v) is 1.76. The van der Waals surface area contributed by atoms with Crippen LogP contribution >= 0.6 is 0 Å². The summed E-state index contributed by atoms with van der Waals surface area (Å²) in [4.78, 5) is 12.6. The number of esters is 1.